The van der Waals surface area contributed by atoms with Gasteiger partial charge in [0.1, 0.15) is 17.5 Å². The fourth-order valence-corrected chi connectivity index (χ4v) is 1.71. The van der Waals surface area contributed by atoms with Crippen molar-refractivity contribution >= 4 is 11.5 Å². The number of anilines is 1. The zero-order valence-corrected chi connectivity index (χ0v) is 11.2. The van der Waals surface area contributed by atoms with Gasteiger partial charge in [0.05, 0.1) is 11.0 Å². The van der Waals surface area contributed by atoms with E-state index in [9.17, 15) is 14.5 Å². The molecule has 0 unspecified atom stereocenters. The first-order valence-corrected chi connectivity index (χ1v) is 6.25. The zero-order chi connectivity index (χ0) is 15.4. The van der Waals surface area contributed by atoms with Crippen LogP contribution in [-0.2, 0) is 6.42 Å². The molecule has 0 saturated carbocycles. The summed E-state index contributed by atoms with van der Waals surface area (Å²) in [4.78, 5) is 18.3. The lowest BCUT2D eigenvalue weighted by molar-refractivity contribution is -0.385. The van der Waals surface area contributed by atoms with Crippen LogP contribution < -0.4 is 10.5 Å². The Morgan fingerprint density at radius 2 is 2.14 bits per heavy atom. The number of nitrogens with zero attached hydrogens (tertiary/aromatic N) is 3. The van der Waals surface area contributed by atoms with Gasteiger partial charge in [-0.25, -0.2) is 9.37 Å². The highest BCUT2D eigenvalue weighted by Gasteiger charge is 2.18. The monoisotopic (exact) mass is 292 g/mol. The molecule has 0 atom stereocenters. The number of aromatic nitrogens is 2. The van der Waals surface area contributed by atoms with Crippen molar-refractivity contribution in [2.75, 3.05) is 5.73 Å². The lowest BCUT2D eigenvalue weighted by Gasteiger charge is -2.07. The van der Waals surface area contributed by atoms with Crippen molar-refractivity contribution in [2.24, 2.45) is 0 Å². The van der Waals surface area contributed by atoms with Crippen LogP contribution in [0.4, 0.5) is 15.9 Å². The fraction of sp³-hybridized carbons (Fsp3) is 0.231. The number of halogens is 1. The van der Waals surface area contributed by atoms with Gasteiger partial charge in [0.15, 0.2) is 0 Å². The second-order valence-corrected chi connectivity index (χ2v) is 4.27. The van der Waals surface area contributed by atoms with Crippen molar-refractivity contribution in [1.29, 1.82) is 0 Å². The van der Waals surface area contributed by atoms with Gasteiger partial charge in [-0.1, -0.05) is 6.92 Å². The van der Waals surface area contributed by atoms with Gasteiger partial charge in [-0.3, -0.25) is 10.1 Å². The highest BCUT2D eigenvalue weighted by molar-refractivity contribution is 5.48. The molecule has 0 aliphatic rings. The molecule has 0 fully saturated rings. The van der Waals surface area contributed by atoms with E-state index in [0.29, 0.717) is 12.2 Å². The van der Waals surface area contributed by atoms with Crippen LogP contribution in [0.25, 0.3) is 0 Å². The molecule has 7 nitrogen and oxygen atoms in total. The van der Waals surface area contributed by atoms with Crippen LogP contribution in [0.3, 0.4) is 0 Å². The van der Waals surface area contributed by atoms with Gasteiger partial charge < -0.3 is 10.5 Å². The number of aryl methyl sites for hydroxylation is 1. The van der Waals surface area contributed by atoms with E-state index in [1.807, 2.05) is 6.92 Å². The number of nitrogens with two attached hydrogens (primary N) is 1. The maximum absolute atomic E-state index is 13.1. The molecular weight excluding hydrogens is 279 g/mol. The molecule has 2 rings (SSSR count). The van der Waals surface area contributed by atoms with E-state index < -0.39 is 16.4 Å². The molecule has 2 N–H and O–H groups in total. The van der Waals surface area contributed by atoms with Gasteiger partial charge in [-0.05, 0) is 18.6 Å². The molecule has 0 bridgehead atoms. The molecule has 0 aliphatic carbocycles. The smallest absolute Gasteiger partial charge is 0.314 e. The summed E-state index contributed by atoms with van der Waals surface area (Å²) in [6.07, 6.45) is 1.42. The number of nitro benzene ring substituents is 1. The van der Waals surface area contributed by atoms with E-state index in [1.165, 1.54) is 12.1 Å². The third kappa shape index (κ3) is 3.62. The summed E-state index contributed by atoms with van der Waals surface area (Å²) in [6, 6.07) is 4.38. The number of benzene rings is 1. The molecule has 0 spiro atoms. The van der Waals surface area contributed by atoms with E-state index in [-0.39, 0.29) is 17.4 Å². The van der Waals surface area contributed by atoms with Gasteiger partial charge in [0.25, 0.3) is 0 Å². The van der Waals surface area contributed by atoms with E-state index in [0.717, 1.165) is 18.6 Å². The van der Waals surface area contributed by atoms with Crippen LogP contribution in [0.5, 0.6) is 11.6 Å². The molecule has 0 saturated heterocycles. The van der Waals surface area contributed by atoms with Gasteiger partial charge in [-0.15, -0.1) is 0 Å². The average Bonchev–Trinajstić information content (AvgIpc) is 2.40. The maximum Gasteiger partial charge on any atom is 0.314 e. The van der Waals surface area contributed by atoms with E-state index in [4.69, 9.17) is 10.5 Å². The minimum Gasteiger partial charge on any atom is -0.432 e. The second-order valence-electron chi connectivity index (χ2n) is 4.27. The maximum atomic E-state index is 13.1. The van der Waals surface area contributed by atoms with Gasteiger partial charge in [-0.2, -0.15) is 4.98 Å². The SMILES string of the molecule is CCCc1nc(N)cc(Oc2ccc(F)cc2[N+](=O)[O-])n1. The van der Waals surface area contributed by atoms with Crippen LogP contribution in [0.1, 0.15) is 19.2 Å². The summed E-state index contributed by atoms with van der Waals surface area (Å²) in [5.74, 6) is -0.0593. The number of ether oxygens (including phenoxy) is 1. The molecule has 21 heavy (non-hydrogen) atoms. The Bertz CT molecular complexity index is 678. The summed E-state index contributed by atoms with van der Waals surface area (Å²) in [5.41, 5.74) is 5.16. The Hall–Kier alpha value is -2.77. The summed E-state index contributed by atoms with van der Waals surface area (Å²) < 4.78 is 18.4. The summed E-state index contributed by atoms with van der Waals surface area (Å²) in [5, 5.41) is 10.9. The fourth-order valence-electron chi connectivity index (χ4n) is 1.71. The third-order valence-electron chi connectivity index (χ3n) is 2.57. The Labute approximate surface area is 119 Å². The first-order chi connectivity index (χ1) is 9.99. The standard InChI is InChI=1S/C13H13FN4O3/c1-2-3-12-16-11(15)7-13(17-12)21-10-5-4-8(14)6-9(10)18(19)20/h4-7H,2-3H2,1H3,(H2,15,16,17). The highest BCUT2D eigenvalue weighted by atomic mass is 19.1. The molecule has 1 heterocycles. The number of rotatable bonds is 5. The van der Waals surface area contributed by atoms with Crippen molar-refractivity contribution in [2.45, 2.75) is 19.8 Å². The average molecular weight is 292 g/mol. The van der Waals surface area contributed by atoms with Crippen molar-refractivity contribution in [3.05, 3.63) is 46.0 Å². The van der Waals surface area contributed by atoms with Crippen LogP contribution in [0.2, 0.25) is 0 Å². The topological polar surface area (TPSA) is 104 Å². The predicted octanol–water partition coefficient (Wildman–Crippen LogP) is 2.85. The third-order valence-corrected chi connectivity index (χ3v) is 2.57. The summed E-state index contributed by atoms with van der Waals surface area (Å²) in [7, 11) is 0. The number of nitro groups is 1. The Morgan fingerprint density at radius 3 is 2.81 bits per heavy atom. The van der Waals surface area contributed by atoms with Gasteiger partial charge >= 0.3 is 5.69 Å². The minimum atomic E-state index is -0.726. The molecule has 110 valence electrons. The summed E-state index contributed by atoms with van der Waals surface area (Å²) >= 11 is 0. The summed E-state index contributed by atoms with van der Waals surface area (Å²) in [6.45, 7) is 1.96. The number of nitrogen functional groups attached to an aromatic ring is 1. The molecule has 1 aromatic carbocycles. The lowest BCUT2D eigenvalue weighted by atomic mass is 10.3. The first-order valence-electron chi connectivity index (χ1n) is 6.25. The molecule has 0 amide bonds. The van der Waals surface area contributed by atoms with Crippen LogP contribution in [0, 0.1) is 15.9 Å². The highest BCUT2D eigenvalue weighted by Crippen LogP contribution is 2.31. The Morgan fingerprint density at radius 1 is 1.38 bits per heavy atom. The zero-order valence-electron chi connectivity index (χ0n) is 11.2. The van der Waals surface area contributed by atoms with Crippen molar-refractivity contribution in [3.63, 3.8) is 0 Å². The van der Waals surface area contributed by atoms with Crippen LogP contribution >= 0.6 is 0 Å². The predicted molar refractivity (Wildman–Crippen MR) is 73.6 cm³/mol. The van der Waals surface area contributed by atoms with Crippen molar-refractivity contribution in [1.82, 2.24) is 9.97 Å². The number of hydrogen-bond donors (Lipinski definition) is 1. The second kappa shape index (κ2) is 6.12. The van der Waals surface area contributed by atoms with Crippen LogP contribution in [0.15, 0.2) is 24.3 Å². The molecule has 0 aliphatic heterocycles. The quantitative estimate of drug-likeness (QED) is 0.671. The molecule has 0 radical (unpaired) electrons. The first kappa shape index (κ1) is 14.6. The normalized spacial score (nSPS) is 10.4. The van der Waals surface area contributed by atoms with Gasteiger partial charge in [0.2, 0.25) is 11.6 Å². The van der Waals surface area contributed by atoms with E-state index in [1.54, 1.807) is 0 Å². The Balaban J connectivity index is 2.36. The lowest BCUT2D eigenvalue weighted by Crippen LogP contribution is -2.02. The number of hydrogen-bond acceptors (Lipinski definition) is 6. The molecule has 8 heteroatoms. The Kier molecular flexibility index (Phi) is 4.27. The largest absolute Gasteiger partial charge is 0.432 e. The molecule has 1 aromatic heterocycles. The van der Waals surface area contributed by atoms with Crippen molar-refractivity contribution in [3.8, 4) is 11.6 Å². The van der Waals surface area contributed by atoms with Crippen molar-refractivity contribution < 1.29 is 14.1 Å². The molecule has 2 aromatic rings. The molecular formula is C13H13FN4O3. The van der Waals surface area contributed by atoms with Crippen LogP contribution in [-0.4, -0.2) is 14.9 Å². The van der Waals surface area contributed by atoms with E-state index in [2.05, 4.69) is 9.97 Å². The van der Waals surface area contributed by atoms with E-state index >= 15 is 0 Å². The minimum absolute atomic E-state index is 0.0839. The van der Waals surface area contributed by atoms with Gasteiger partial charge in [0, 0.05) is 12.5 Å².